The van der Waals surface area contributed by atoms with Gasteiger partial charge in [-0.2, -0.15) is 5.26 Å². The lowest BCUT2D eigenvalue weighted by molar-refractivity contribution is -0.132. The van der Waals surface area contributed by atoms with Crippen LogP contribution >= 0.6 is 11.3 Å². The number of carbonyl (C=O) groups excluding carboxylic acids is 2. The van der Waals surface area contributed by atoms with E-state index < -0.39 is 0 Å². The lowest BCUT2D eigenvalue weighted by Crippen LogP contribution is -2.40. The summed E-state index contributed by atoms with van der Waals surface area (Å²) in [5.41, 5.74) is 1.80. The Balaban J connectivity index is 1.69. The Hall–Kier alpha value is -1.87. The Morgan fingerprint density at radius 2 is 2.00 bits per heavy atom. The first-order valence-corrected chi connectivity index (χ1v) is 9.42. The van der Waals surface area contributed by atoms with E-state index in [4.69, 9.17) is 0 Å². The number of nitriles is 1. The van der Waals surface area contributed by atoms with Gasteiger partial charge < -0.3 is 10.2 Å². The molecule has 1 saturated heterocycles. The zero-order valence-electron chi connectivity index (χ0n) is 14.2. The number of nitrogens with zero attached hydrogens (tertiary/aromatic N) is 2. The van der Waals surface area contributed by atoms with Crippen molar-refractivity contribution in [1.29, 1.82) is 5.26 Å². The summed E-state index contributed by atoms with van der Waals surface area (Å²) in [5, 5.41) is 13.2. The number of thiophene rings is 1. The van der Waals surface area contributed by atoms with Gasteiger partial charge >= 0.3 is 0 Å². The first-order chi connectivity index (χ1) is 11.5. The zero-order chi connectivity index (χ0) is 17.3. The van der Waals surface area contributed by atoms with Crippen LogP contribution in [0.5, 0.6) is 0 Å². The molecule has 3 rings (SSSR count). The SMILES string of the molecule is CC(=O)N1CCC(C(=O)Nc2sc3c(c2C#N)CC[C@H](C)C3)CC1. The monoisotopic (exact) mass is 345 g/mol. The lowest BCUT2D eigenvalue weighted by Gasteiger charge is -2.30. The first-order valence-electron chi connectivity index (χ1n) is 8.60. The molecule has 1 aromatic heterocycles. The molecule has 1 aliphatic heterocycles. The van der Waals surface area contributed by atoms with Crippen molar-refractivity contribution in [3.63, 3.8) is 0 Å². The second kappa shape index (κ2) is 6.94. The summed E-state index contributed by atoms with van der Waals surface area (Å²) >= 11 is 1.57. The number of fused-ring (bicyclic) bond motifs is 1. The largest absolute Gasteiger partial charge is 0.343 e. The van der Waals surface area contributed by atoms with E-state index in [9.17, 15) is 14.9 Å². The quantitative estimate of drug-likeness (QED) is 0.895. The molecular formula is C18H23N3O2S. The van der Waals surface area contributed by atoms with E-state index >= 15 is 0 Å². The predicted octanol–water partition coefficient (Wildman–Crippen LogP) is 2.94. The third kappa shape index (κ3) is 3.32. The highest BCUT2D eigenvalue weighted by Gasteiger charge is 2.29. The lowest BCUT2D eigenvalue weighted by atomic mass is 9.88. The molecule has 0 radical (unpaired) electrons. The van der Waals surface area contributed by atoms with Gasteiger partial charge in [-0.15, -0.1) is 11.3 Å². The number of piperidine rings is 1. The third-order valence-electron chi connectivity index (χ3n) is 5.17. The van der Waals surface area contributed by atoms with Crippen molar-refractivity contribution in [3.05, 3.63) is 16.0 Å². The molecule has 1 atom stereocenters. The fourth-order valence-corrected chi connectivity index (χ4v) is 4.99. The van der Waals surface area contributed by atoms with E-state index in [1.807, 2.05) is 0 Å². The molecule has 1 aromatic rings. The summed E-state index contributed by atoms with van der Waals surface area (Å²) < 4.78 is 0. The molecule has 1 aliphatic carbocycles. The number of hydrogen-bond donors (Lipinski definition) is 1. The Bertz CT molecular complexity index is 696. The summed E-state index contributed by atoms with van der Waals surface area (Å²) in [6.45, 7) is 5.07. The number of likely N-dealkylation sites (tertiary alicyclic amines) is 1. The average Bonchev–Trinajstić information content (AvgIpc) is 2.90. The summed E-state index contributed by atoms with van der Waals surface area (Å²) in [7, 11) is 0. The number of carbonyl (C=O) groups is 2. The molecule has 1 N–H and O–H groups in total. The molecule has 24 heavy (non-hydrogen) atoms. The van der Waals surface area contributed by atoms with Crippen molar-refractivity contribution in [1.82, 2.24) is 4.90 Å². The fraction of sp³-hybridized carbons (Fsp3) is 0.611. The molecular weight excluding hydrogens is 322 g/mol. The van der Waals surface area contributed by atoms with Crippen LogP contribution < -0.4 is 5.32 Å². The van der Waals surface area contributed by atoms with Gasteiger partial charge in [0.2, 0.25) is 11.8 Å². The second-order valence-corrected chi connectivity index (χ2v) is 8.04. The van der Waals surface area contributed by atoms with E-state index in [0.717, 1.165) is 29.8 Å². The van der Waals surface area contributed by atoms with Crippen LogP contribution in [0, 0.1) is 23.2 Å². The molecule has 2 amide bonds. The predicted molar refractivity (Wildman–Crippen MR) is 93.8 cm³/mol. The van der Waals surface area contributed by atoms with E-state index in [2.05, 4.69) is 18.3 Å². The van der Waals surface area contributed by atoms with Gasteiger partial charge in [0.05, 0.1) is 5.56 Å². The standard InChI is InChI=1S/C18H23N3O2S/c1-11-3-4-14-15(10-19)18(24-16(14)9-11)20-17(23)13-5-7-21(8-6-13)12(2)22/h11,13H,3-9H2,1-2H3,(H,20,23)/t11-/m0/s1. The van der Waals surface area contributed by atoms with Crippen LogP contribution in [-0.2, 0) is 22.4 Å². The van der Waals surface area contributed by atoms with Crippen molar-refractivity contribution in [2.24, 2.45) is 11.8 Å². The summed E-state index contributed by atoms with van der Waals surface area (Å²) in [6.07, 6.45) is 4.42. The van der Waals surface area contributed by atoms with Gasteiger partial charge in [0.1, 0.15) is 11.1 Å². The Morgan fingerprint density at radius 1 is 1.29 bits per heavy atom. The molecule has 2 heterocycles. The highest BCUT2D eigenvalue weighted by atomic mass is 32.1. The summed E-state index contributed by atoms with van der Waals surface area (Å²) in [4.78, 5) is 27.0. The van der Waals surface area contributed by atoms with Gasteiger partial charge in [-0.05, 0) is 43.6 Å². The van der Waals surface area contributed by atoms with Gasteiger partial charge in [-0.25, -0.2) is 0 Å². The summed E-state index contributed by atoms with van der Waals surface area (Å²) in [5.74, 6) is 0.620. The van der Waals surface area contributed by atoms with Gasteiger partial charge in [0.15, 0.2) is 0 Å². The maximum atomic E-state index is 12.6. The van der Waals surface area contributed by atoms with Crippen LogP contribution in [0.1, 0.15) is 49.1 Å². The highest BCUT2D eigenvalue weighted by Crippen LogP contribution is 2.39. The third-order valence-corrected chi connectivity index (χ3v) is 6.34. The van der Waals surface area contributed by atoms with Gasteiger partial charge in [0.25, 0.3) is 0 Å². The van der Waals surface area contributed by atoms with Gasteiger partial charge in [-0.1, -0.05) is 6.92 Å². The topological polar surface area (TPSA) is 73.2 Å². The minimum Gasteiger partial charge on any atom is -0.343 e. The van der Waals surface area contributed by atoms with Crippen molar-refractivity contribution in [2.45, 2.75) is 46.0 Å². The molecule has 0 aromatic carbocycles. The van der Waals surface area contributed by atoms with Crippen LogP contribution in [-0.4, -0.2) is 29.8 Å². The Morgan fingerprint density at radius 3 is 2.62 bits per heavy atom. The minimum absolute atomic E-state index is 0.0126. The summed E-state index contributed by atoms with van der Waals surface area (Å²) in [6, 6.07) is 2.29. The average molecular weight is 345 g/mol. The van der Waals surface area contributed by atoms with E-state index in [0.29, 0.717) is 37.4 Å². The van der Waals surface area contributed by atoms with E-state index in [1.54, 1.807) is 23.2 Å². The van der Waals surface area contributed by atoms with Crippen LogP contribution in [0.2, 0.25) is 0 Å². The maximum Gasteiger partial charge on any atom is 0.228 e. The number of hydrogen-bond acceptors (Lipinski definition) is 4. The molecule has 6 heteroatoms. The highest BCUT2D eigenvalue weighted by molar-refractivity contribution is 7.16. The maximum absolute atomic E-state index is 12.6. The molecule has 2 aliphatic rings. The minimum atomic E-state index is -0.0785. The molecule has 0 unspecified atom stereocenters. The first kappa shape index (κ1) is 17.0. The van der Waals surface area contributed by atoms with E-state index in [1.165, 1.54) is 4.88 Å². The molecule has 128 valence electrons. The number of anilines is 1. The molecule has 0 spiro atoms. The Kier molecular flexibility index (Phi) is 4.91. The fourth-order valence-electron chi connectivity index (χ4n) is 3.63. The molecule has 5 nitrogen and oxygen atoms in total. The smallest absolute Gasteiger partial charge is 0.228 e. The zero-order valence-corrected chi connectivity index (χ0v) is 15.0. The van der Waals surface area contributed by atoms with Gasteiger partial charge in [0, 0.05) is 30.8 Å². The second-order valence-electron chi connectivity index (χ2n) is 6.94. The number of rotatable bonds is 2. The Labute approximate surface area is 146 Å². The van der Waals surface area contributed by atoms with Gasteiger partial charge in [-0.3, -0.25) is 9.59 Å². The van der Waals surface area contributed by atoms with Crippen LogP contribution in [0.25, 0.3) is 0 Å². The van der Waals surface area contributed by atoms with Crippen molar-refractivity contribution >= 4 is 28.2 Å². The van der Waals surface area contributed by atoms with Crippen LogP contribution in [0.3, 0.4) is 0 Å². The van der Waals surface area contributed by atoms with Crippen molar-refractivity contribution in [2.75, 3.05) is 18.4 Å². The molecule has 0 saturated carbocycles. The van der Waals surface area contributed by atoms with Crippen LogP contribution in [0.15, 0.2) is 0 Å². The normalized spacial score (nSPS) is 21.0. The van der Waals surface area contributed by atoms with Crippen LogP contribution in [0.4, 0.5) is 5.00 Å². The van der Waals surface area contributed by atoms with Crippen molar-refractivity contribution in [3.8, 4) is 6.07 Å². The number of nitrogens with one attached hydrogen (secondary N) is 1. The number of amides is 2. The van der Waals surface area contributed by atoms with E-state index in [-0.39, 0.29) is 17.7 Å². The molecule has 1 fully saturated rings. The molecule has 0 bridgehead atoms. The van der Waals surface area contributed by atoms with Crippen molar-refractivity contribution < 1.29 is 9.59 Å².